The number of rotatable bonds is 19. The first kappa shape index (κ1) is 45.8. The normalized spacial score (nSPS) is 15.9. The maximum atomic E-state index is 13.2. The van der Waals surface area contributed by atoms with Gasteiger partial charge in [-0.15, -0.1) is 0 Å². The van der Waals surface area contributed by atoms with E-state index in [0.717, 1.165) is 13.1 Å². The Kier molecular flexibility index (Phi) is 29.3. The highest BCUT2D eigenvalue weighted by molar-refractivity contribution is 5.95. The first-order valence-corrected chi connectivity index (χ1v) is 16.5. The number of aliphatic hydroxyl groups excluding tert-OH is 2. The molecule has 0 aromatic rings. The van der Waals surface area contributed by atoms with Crippen molar-refractivity contribution < 1.29 is 33.7 Å². The van der Waals surface area contributed by atoms with Gasteiger partial charge in [0.15, 0.2) is 0 Å². The lowest BCUT2D eigenvalue weighted by Crippen LogP contribution is -2.44. The van der Waals surface area contributed by atoms with Crippen LogP contribution in [0.3, 0.4) is 0 Å². The van der Waals surface area contributed by atoms with Crippen LogP contribution in [0.25, 0.3) is 0 Å². The van der Waals surface area contributed by atoms with Gasteiger partial charge in [0.2, 0.25) is 5.91 Å². The van der Waals surface area contributed by atoms with Gasteiger partial charge in [0.25, 0.3) is 5.91 Å². The highest BCUT2D eigenvalue weighted by Gasteiger charge is 2.30. The Labute approximate surface area is 283 Å². The molecule has 270 valence electrons. The number of aliphatic imine (C=N–C) groups is 1. The first-order chi connectivity index (χ1) is 22.5. The lowest BCUT2D eigenvalue weighted by atomic mass is 10.1. The van der Waals surface area contributed by atoms with E-state index < -0.39 is 18.2 Å². The minimum Gasteiger partial charge on any atom is -0.510 e. The number of nitrogens with zero attached hydrogens (tertiary/aromatic N) is 3. The maximum absolute atomic E-state index is 13.2. The summed E-state index contributed by atoms with van der Waals surface area (Å²) in [7, 11) is 3.05. The number of aliphatic hydroxyl groups is 2. The van der Waals surface area contributed by atoms with E-state index in [9.17, 15) is 24.2 Å². The van der Waals surface area contributed by atoms with Crippen LogP contribution in [0.1, 0.15) is 73.6 Å². The molecule has 0 spiro atoms. The smallest absolute Gasteiger partial charge is 0.257 e. The molecule has 1 rings (SSSR count). The fourth-order valence-corrected chi connectivity index (χ4v) is 4.20. The van der Waals surface area contributed by atoms with E-state index in [1.165, 1.54) is 69.8 Å². The molecule has 11 nitrogen and oxygen atoms in total. The maximum Gasteiger partial charge on any atom is 0.257 e. The average Bonchev–Trinajstić information content (AvgIpc) is 3.07. The monoisotopic (exact) mass is 667 g/mol. The van der Waals surface area contributed by atoms with E-state index in [2.05, 4.69) is 27.2 Å². The topological polar surface area (TPSA) is 136 Å². The molecule has 4 N–H and O–H groups in total. The summed E-state index contributed by atoms with van der Waals surface area (Å²) in [6.07, 6.45) is 13.2. The average molecular weight is 668 g/mol. The molecule has 0 aromatic heterocycles. The fraction of sp³-hybridized carbons (Fsp3) is 0.629. The summed E-state index contributed by atoms with van der Waals surface area (Å²) in [5.74, 6) is -0.735. The summed E-state index contributed by atoms with van der Waals surface area (Å²) < 4.78 is 23.8. The van der Waals surface area contributed by atoms with Crippen LogP contribution in [0.15, 0.2) is 64.6 Å². The third-order valence-corrected chi connectivity index (χ3v) is 6.86. The minimum absolute atomic E-state index is 0.0759. The lowest BCUT2D eigenvalue weighted by Gasteiger charge is -2.29. The van der Waals surface area contributed by atoms with Crippen molar-refractivity contribution in [3.63, 3.8) is 0 Å². The fourth-order valence-electron chi connectivity index (χ4n) is 4.20. The summed E-state index contributed by atoms with van der Waals surface area (Å²) >= 11 is 0. The van der Waals surface area contributed by atoms with Gasteiger partial charge >= 0.3 is 0 Å². The van der Waals surface area contributed by atoms with Gasteiger partial charge in [0, 0.05) is 40.7 Å². The van der Waals surface area contributed by atoms with E-state index >= 15 is 0 Å². The Hall–Kier alpha value is -3.32. The number of likely N-dealkylation sites (tertiary alicyclic amines) is 1. The third-order valence-electron chi connectivity index (χ3n) is 6.86. The van der Waals surface area contributed by atoms with Crippen molar-refractivity contribution in [2.75, 3.05) is 60.0 Å². The van der Waals surface area contributed by atoms with Crippen LogP contribution in [0.5, 0.6) is 0 Å². The molecule has 12 heteroatoms. The molecule has 1 fully saturated rings. The molecule has 0 bridgehead atoms. The number of unbranched alkanes of at least 4 members (excludes halogenated alkanes) is 1. The zero-order chi connectivity index (χ0) is 36.0. The van der Waals surface area contributed by atoms with Gasteiger partial charge < -0.3 is 34.8 Å². The van der Waals surface area contributed by atoms with Gasteiger partial charge in [-0.25, -0.2) is 4.39 Å². The Bertz CT molecular complexity index is 1020. The van der Waals surface area contributed by atoms with Gasteiger partial charge in [0.05, 0.1) is 31.0 Å². The van der Waals surface area contributed by atoms with Crippen molar-refractivity contribution in [3.05, 3.63) is 59.6 Å². The van der Waals surface area contributed by atoms with Crippen molar-refractivity contribution >= 4 is 18.5 Å². The van der Waals surface area contributed by atoms with Crippen LogP contribution < -0.4 is 10.6 Å². The molecule has 0 aromatic carbocycles. The van der Waals surface area contributed by atoms with Crippen molar-refractivity contribution in [2.45, 2.75) is 85.9 Å². The van der Waals surface area contributed by atoms with Crippen molar-refractivity contribution in [3.8, 4) is 0 Å². The van der Waals surface area contributed by atoms with Crippen molar-refractivity contribution in [1.29, 1.82) is 0 Å². The molecule has 1 aliphatic rings. The lowest BCUT2D eigenvalue weighted by molar-refractivity contribution is -0.129. The van der Waals surface area contributed by atoms with Crippen molar-refractivity contribution in [2.24, 2.45) is 4.99 Å². The second kappa shape index (κ2) is 30.0. The summed E-state index contributed by atoms with van der Waals surface area (Å²) in [4.78, 5) is 31.1. The van der Waals surface area contributed by atoms with Crippen LogP contribution in [0.2, 0.25) is 0 Å². The number of halogens is 1. The van der Waals surface area contributed by atoms with E-state index in [0.29, 0.717) is 25.2 Å². The number of ether oxygens (including phenoxy) is 2. The van der Waals surface area contributed by atoms with E-state index in [1.807, 2.05) is 19.9 Å². The third kappa shape index (κ3) is 22.0. The quantitative estimate of drug-likeness (QED) is 0.0370. The molecule has 0 saturated carbocycles. The summed E-state index contributed by atoms with van der Waals surface area (Å²) in [6.45, 7) is 18.6. The molecule has 1 saturated heterocycles. The van der Waals surface area contributed by atoms with Crippen LogP contribution in [-0.4, -0.2) is 111 Å². The predicted molar refractivity (Wildman–Crippen MR) is 190 cm³/mol. The van der Waals surface area contributed by atoms with Gasteiger partial charge in [-0.3, -0.25) is 19.9 Å². The number of carbonyl (C=O) groups excluding carboxylic acids is 2. The van der Waals surface area contributed by atoms with Crippen molar-refractivity contribution in [1.82, 2.24) is 20.4 Å². The highest BCUT2D eigenvalue weighted by Crippen LogP contribution is 2.18. The zero-order valence-electron chi connectivity index (χ0n) is 30.1. The number of piperidine rings is 1. The molecule has 2 atom stereocenters. The Morgan fingerprint density at radius 2 is 1.81 bits per heavy atom. The number of likely N-dealkylation sites (N-methyl/N-ethyl adjacent to an activating group) is 1. The van der Waals surface area contributed by atoms with E-state index in [4.69, 9.17) is 9.47 Å². The first-order valence-electron chi connectivity index (χ1n) is 16.5. The van der Waals surface area contributed by atoms with Gasteiger partial charge in [0.1, 0.15) is 23.6 Å². The highest BCUT2D eigenvalue weighted by atomic mass is 19.1. The number of methoxy groups -OCH3 is 1. The Morgan fingerprint density at radius 1 is 1.15 bits per heavy atom. The minimum atomic E-state index is -1.43. The zero-order valence-corrected chi connectivity index (χ0v) is 30.1. The molecule has 47 heavy (non-hydrogen) atoms. The SMILES string of the molecule is C=NC/C(O)=C(\C(=O)N(C)C(C)/C(=C/CC/C=C\C(F)=C/C)O/C=C\C)C(O)NCCOC.CC.CC(=O)NCCN1CCCCC1. The summed E-state index contributed by atoms with van der Waals surface area (Å²) in [5, 5.41) is 26.4. The molecule has 1 aliphatic heterocycles. The van der Waals surface area contributed by atoms with Gasteiger partial charge in [-0.05, 0) is 78.4 Å². The molecule has 0 aliphatic carbocycles. The van der Waals surface area contributed by atoms with E-state index in [-0.39, 0.29) is 36.2 Å². The van der Waals surface area contributed by atoms with Crippen LogP contribution in [-0.2, 0) is 19.1 Å². The number of hydrogen-bond acceptors (Lipinski definition) is 9. The van der Waals surface area contributed by atoms with Gasteiger partial charge in [-0.1, -0.05) is 38.5 Å². The molecule has 2 unspecified atom stereocenters. The molecular weight excluding hydrogens is 605 g/mol. The second-order valence-corrected chi connectivity index (χ2v) is 10.4. The molecular formula is C35H62FN5O6. The number of allylic oxidation sites excluding steroid dienone is 6. The predicted octanol–water partition coefficient (Wildman–Crippen LogP) is 5.18. The Morgan fingerprint density at radius 3 is 2.36 bits per heavy atom. The molecule has 1 heterocycles. The van der Waals surface area contributed by atoms with Gasteiger partial charge in [-0.2, -0.15) is 0 Å². The number of nitrogens with one attached hydrogen (secondary N) is 2. The summed E-state index contributed by atoms with van der Waals surface area (Å²) in [5.41, 5.74) is -0.233. The number of hydrogen-bond donors (Lipinski definition) is 4. The van der Waals surface area contributed by atoms with Crippen LogP contribution in [0.4, 0.5) is 4.39 Å². The number of amides is 2. The Balaban J connectivity index is 0. The largest absolute Gasteiger partial charge is 0.510 e. The number of carbonyl (C=O) groups is 2. The summed E-state index contributed by atoms with van der Waals surface area (Å²) in [6, 6.07) is -0.532. The van der Waals surface area contributed by atoms with E-state index in [1.54, 1.807) is 39.8 Å². The standard InChI is InChI=1S/C24H38FN3O5.C9H18N2O.C2H6/c1-7-15-33-21(13-11-9-10-12-19(25)8-2)18(3)28(5)24(31)22(20(29)17-26-4)23(30)27-14-16-32-6;1-9(12)10-5-8-11-6-3-2-4-7-11;1-2/h7-8,10,12-13,15,18,23,27,29-30H,4,9,11,14,16-17H2,1-3,5-6H3;2-8H2,1H3,(H,10,12);1-2H3/b12-10-,15-7-,19-8+,21-13-,22-20+;;. The second-order valence-electron chi connectivity index (χ2n) is 10.4. The molecule has 2 amide bonds. The van der Waals surface area contributed by atoms with Crippen LogP contribution >= 0.6 is 0 Å². The molecule has 0 radical (unpaired) electrons. The van der Waals surface area contributed by atoms with Crippen LogP contribution in [0, 0.1) is 0 Å².